The van der Waals surface area contributed by atoms with Crippen molar-refractivity contribution in [2.75, 3.05) is 0 Å². The Hall–Kier alpha value is -2.15. The first-order valence-corrected chi connectivity index (χ1v) is 4.79. The van der Waals surface area contributed by atoms with Gasteiger partial charge in [-0.3, -0.25) is 10.1 Å². The average Bonchev–Trinajstić information content (AvgIpc) is 2.15. The molecule has 0 heterocycles. The number of hydrogen-bond donors (Lipinski definition) is 0. The number of hydrogen-bond acceptors (Lipinski definition) is 3. The van der Waals surface area contributed by atoms with Crippen molar-refractivity contribution in [1.82, 2.24) is 0 Å². The van der Waals surface area contributed by atoms with E-state index in [0.717, 1.165) is 22.3 Å². The van der Waals surface area contributed by atoms with E-state index < -0.39 is 10.6 Å². The number of nitriles is 1. The second-order valence-corrected chi connectivity index (χ2v) is 3.71. The minimum Gasteiger partial charge on any atom is -0.258 e. The van der Waals surface area contributed by atoms with E-state index in [4.69, 9.17) is 5.26 Å². The number of nitro groups is 1. The van der Waals surface area contributed by atoms with Crippen LogP contribution in [0.1, 0.15) is 22.3 Å². The van der Waals surface area contributed by atoms with Gasteiger partial charge in [0.25, 0.3) is 0 Å². The van der Waals surface area contributed by atoms with E-state index in [1.54, 1.807) is 6.07 Å². The van der Waals surface area contributed by atoms with Crippen LogP contribution >= 0.6 is 0 Å². The average molecular weight is 216 g/mol. The van der Waals surface area contributed by atoms with Crippen molar-refractivity contribution in [1.29, 1.82) is 5.26 Å². The molecule has 0 spiro atoms. The number of aryl methyl sites for hydroxylation is 3. The van der Waals surface area contributed by atoms with Crippen molar-refractivity contribution >= 4 is 6.08 Å². The Morgan fingerprint density at radius 3 is 2.25 bits per heavy atom. The normalized spacial score (nSPS) is 11.0. The van der Waals surface area contributed by atoms with Crippen LogP contribution in [0.3, 0.4) is 0 Å². The summed E-state index contributed by atoms with van der Waals surface area (Å²) >= 11 is 0. The van der Waals surface area contributed by atoms with Gasteiger partial charge in [0.1, 0.15) is 0 Å². The van der Waals surface area contributed by atoms with E-state index in [0.29, 0.717) is 0 Å². The first-order valence-electron chi connectivity index (χ1n) is 4.79. The molecule has 0 aliphatic rings. The van der Waals surface area contributed by atoms with Gasteiger partial charge in [-0.1, -0.05) is 17.7 Å². The summed E-state index contributed by atoms with van der Waals surface area (Å²) in [7, 11) is 0. The maximum atomic E-state index is 10.5. The maximum absolute atomic E-state index is 10.5. The molecule has 0 amide bonds. The van der Waals surface area contributed by atoms with Crippen LogP contribution < -0.4 is 0 Å². The predicted octanol–water partition coefficient (Wildman–Crippen LogP) is 2.75. The van der Waals surface area contributed by atoms with Crippen LogP contribution in [-0.4, -0.2) is 4.92 Å². The lowest BCUT2D eigenvalue weighted by Crippen LogP contribution is -1.97. The highest BCUT2D eigenvalue weighted by Gasteiger charge is 2.11. The number of allylic oxidation sites excluding steroid dienone is 1. The van der Waals surface area contributed by atoms with Gasteiger partial charge in [-0.25, -0.2) is 0 Å². The van der Waals surface area contributed by atoms with E-state index in [2.05, 4.69) is 0 Å². The zero-order valence-corrected chi connectivity index (χ0v) is 9.44. The molecule has 0 bridgehead atoms. The van der Waals surface area contributed by atoms with Crippen LogP contribution in [0.4, 0.5) is 0 Å². The summed E-state index contributed by atoms with van der Waals surface area (Å²) in [5.41, 5.74) is 3.29. The summed E-state index contributed by atoms with van der Waals surface area (Å²) in [6.45, 7) is 5.72. The molecule has 1 aromatic rings. The van der Waals surface area contributed by atoms with Gasteiger partial charge in [-0.2, -0.15) is 5.26 Å². The maximum Gasteiger partial charge on any atom is 0.346 e. The van der Waals surface area contributed by atoms with Crippen molar-refractivity contribution in [3.8, 4) is 6.07 Å². The summed E-state index contributed by atoms with van der Waals surface area (Å²) in [6, 6.07) is 5.46. The van der Waals surface area contributed by atoms with Crippen molar-refractivity contribution in [3.63, 3.8) is 0 Å². The minimum absolute atomic E-state index is 0.435. The van der Waals surface area contributed by atoms with E-state index in [9.17, 15) is 10.1 Å². The summed E-state index contributed by atoms with van der Waals surface area (Å²) < 4.78 is 0. The molecule has 0 aliphatic heterocycles. The molecule has 0 saturated carbocycles. The van der Waals surface area contributed by atoms with Gasteiger partial charge >= 0.3 is 5.70 Å². The topological polar surface area (TPSA) is 66.9 Å². The number of benzene rings is 1. The minimum atomic E-state index is -0.668. The molecule has 82 valence electrons. The van der Waals surface area contributed by atoms with Gasteiger partial charge in [0, 0.05) is 6.08 Å². The third-order valence-electron chi connectivity index (χ3n) is 2.33. The molecule has 0 fully saturated rings. The van der Waals surface area contributed by atoms with Crippen LogP contribution in [0.2, 0.25) is 0 Å². The molecule has 4 nitrogen and oxygen atoms in total. The quantitative estimate of drug-likeness (QED) is 0.433. The predicted molar refractivity (Wildman–Crippen MR) is 61.2 cm³/mol. The molecule has 0 unspecified atom stereocenters. The smallest absolute Gasteiger partial charge is 0.258 e. The van der Waals surface area contributed by atoms with E-state index in [1.807, 2.05) is 32.9 Å². The fraction of sp³-hybridized carbons (Fsp3) is 0.250. The highest BCUT2D eigenvalue weighted by atomic mass is 16.6. The zero-order chi connectivity index (χ0) is 12.3. The fourth-order valence-corrected chi connectivity index (χ4v) is 1.68. The second-order valence-electron chi connectivity index (χ2n) is 3.71. The monoisotopic (exact) mass is 216 g/mol. The molecular weight excluding hydrogens is 204 g/mol. The summed E-state index contributed by atoms with van der Waals surface area (Å²) in [5, 5.41) is 19.2. The summed E-state index contributed by atoms with van der Waals surface area (Å²) in [5.74, 6) is 0. The van der Waals surface area contributed by atoms with Crippen LogP contribution in [0, 0.1) is 42.2 Å². The van der Waals surface area contributed by atoms with Gasteiger partial charge < -0.3 is 0 Å². The molecule has 0 atom stereocenters. The van der Waals surface area contributed by atoms with Gasteiger partial charge in [-0.15, -0.1) is 0 Å². The van der Waals surface area contributed by atoms with Gasteiger partial charge in [-0.05, 0) is 37.5 Å². The Morgan fingerprint density at radius 1 is 1.38 bits per heavy atom. The lowest BCUT2D eigenvalue weighted by Gasteiger charge is -2.06. The Bertz CT molecular complexity index is 487. The van der Waals surface area contributed by atoms with Gasteiger partial charge in [0.05, 0.1) is 4.92 Å². The first-order chi connectivity index (χ1) is 7.45. The van der Waals surface area contributed by atoms with Crippen molar-refractivity contribution in [3.05, 3.63) is 50.2 Å². The lowest BCUT2D eigenvalue weighted by molar-refractivity contribution is -0.415. The van der Waals surface area contributed by atoms with E-state index in [1.165, 1.54) is 6.08 Å². The standard InChI is InChI=1S/C12H12N2O2/c1-8-4-9(2)12(10(3)5-8)6-11(7-13)14(15)16/h4-6H,1-3H3/b11-6+. The SMILES string of the molecule is Cc1cc(C)c(/C=C(\C#N)[N+](=O)[O-])c(C)c1. The van der Waals surface area contributed by atoms with Crippen LogP contribution in [-0.2, 0) is 0 Å². The molecule has 0 N–H and O–H groups in total. The highest BCUT2D eigenvalue weighted by molar-refractivity contribution is 5.61. The van der Waals surface area contributed by atoms with Gasteiger partial charge in [0.15, 0.2) is 6.07 Å². The molecule has 0 saturated heterocycles. The van der Waals surface area contributed by atoms with Crippen LogP contribution in [0.5, 0.6) is 0 Å². The second kappa shape index (κ2) is 4.58. The molecule has 1 aromatic carbocycles. The van der Waals surface area contributed by atoms with Crippen molar-refractivity contribution < 1.29 is 4.92 Å². The lowest BCUT2D eigenvalue weighted by atomic mass is 9.99. The van der Waals surface area contributed by atoms with Crippen LogP contribution in [0.25, 0.3) is 6.08 Å². The van der Waals surface area contributed by atoms with Crippen molar-refractivity contribution in [2.45, 2.75) is 20.8 Å². The fourth-order valence-electron chi connectivity index (χ4n) is 1.68. The van der Waals surface area contributed by atoms with E-state index in [-0.39, 0.29) is 0 Å². The highest BCUT2D eigenvalue weighted by Crippen LogP contribution is 2.19. The molecule has 4 heteroatoms. The molecule has 0 radical (unpaired) electrons. The summed E-state index contributed by atoms with van der Waals surface area (Å²) in [6.07, 6.45) is 1.32. The summed E-state index contributed by atoms with van der Waals surface area (Å²) in [4.78, 5) is 9.87. The van der Waals surface area contributed by atoms with Gasteiger partial charge in [0.2, 0.25) is 0 Å². The first kappa shape index (κ1) is 11.9. The molecule has 1 rings (SSSR count). The molecule has 0 aromatic heterocycles. The Kier molecular flexibility index (Phi) is 3.41. The molecule has 0 aliphatic carbocycles. The number of nitrogens with zero attached hydrogens (tertiary/aromatic N) is 2. The molecule has 16 heavy (non-hydrogen) atoms. The third kappa shape index (κ3) is 2.45. The largest absolute Gasteiger partial charge is 0.346 e. The Labute approximate surface area is 94.0 Å². The third-order valence-corrected chi connectivity index (χ3v) is 2.33. The number of rotatable bonds is 2. The zero-order valence-electron chi connectivity index (χ0n) is 9.44. The van der Waals surface area contributed by atoms with Crippen molar-refractivity contribution in [2.24, 2.45) is 0 Å². The molecular formula is C12H12N2O2. The van der Waals surface area contributed by atoms with E-state index >= 15 is 0 Å². The van der Waals surface area contributed by atoms with Crippen LogP contribution in [0.15, 0.2) is 17.8 Å². The Balaban J connectivity index is 3.36. The Morgan fingerprint density at radius 2 is 1.88 bits per heavy atom.